The monoisotopic (exact) mass is 361 g/mol. The second-order valence-electron chi connectivity index (χ2n) is 6.79. The number of pyridine rings is 1. The molecule has 0 atom stereocenters. The Labute approximate surface area is 156 Å². The lowest BCUT2D eigenvalue weighted by molar-refractivity contribution is 0.0232. The van der Waals surface area contributed by atoms with Crippen LogP contribution in [-0.2, 0) is 11.3 Å². The van der Waals surface area contributed by atoms with Crippen LogP contribution in [0, 0.1) is 0 Å². The number of hydrogen-bond donors (Lipinski definition) is 2. The number of carbonyl (C=O) groups is 1. The first-order valence-electron chi connectivity index (χ1n) is 8.78. The number of hydrogen-bond acceptors (Lipinski definition) is 4. The minimum Gasteiger partial charge on any atom is -0.444 e. The molecule has 7 heteroatoms. The van der Waals surface area contributed by atoms with E-state index in [0.717, 1.165) is 12.0 Å². The molecule has 0 fully saturated rings. The van der Waals surface area contributed by atoms with Gasteiger partial charge < -0.3 is 20.3 Å². The third-order valence-corrected chi connectivity index (χ3v) is 3.28. The summed E-state index contributed by atoms with van der Waals surface area (Å²) in [6.45, 7) is 11.6. The molecule has 1 amide bonds. The van der Waals surface area contributed by atoms with Gasteiger partial charge in [0, 0.05) is 39.1 Å². The molecular formula is C19H31N5O2. The molecule has 2 N–H and O–H groups in total. The summed E-state index contributed by atoms with van der Waals surface area (Å²) in [6.07, 6.45) is 5.68. The van der Waals surface area contributed by atoms with E-state index in [-0.39, 0.29) is 6.09 Å². The number of carbonyl (C=O) groups excluding carboxylic acids is 1. The predicted octanol–water partition coefficient (Wildman–Crippen LogP) is 2.56. The largest absolute Gasteiger partial charge is 0.444 e. The molecule has 0 aromatic carbocycles. The Balaban J connectivity index is 2.59. The average Bonchev–Trinajstić information content (AvgIpc) is 2.59. The minimum atomic E-state index is -0.529. The summed E-state index contributed by atoms with van der Waals surface area (Å²) in [4.78, 5) is 22.4. The smallest absolute Gasteiger partial charge is 0.410 e. The van der Waals surface area contributed by atoms with Gasteiger partial charge in [-0.25, -0.2) is 4.79 Å². The molecular weight excluding hydrogens is 330 g/mol. The molecule has 1 aromatic heterocycles. The van der Waals surface area contributed by atoms with Gasteiger partial charge in [-0.1, -0.05) is 12.1 Å². The Morgan fingerprint density at radius 3 is 2.77 bits per heavy atom. The third-order valence-electron chi connectivity index (χ3n) is 3.28. The minimum absolute atomic E-state index is 0.324. The third kappa shape index (κ3) is 9.05. The van der Waals surface area contributed by atoms with Gasteiger partial charge in [0.05, 0.1) is 6.54 Å². The highest BCUT2D eigenvalue weighted by Gasteiger charge is 2.22. The molecule has 0 unspecified atom stereocenters. The Kier molecular flexibility index (Phi) is 9.19. The molecule has 0 spiro atoms. The molecule has 0 bridgehead atoms. The first kappa shape index (κ1) is 21.5. The van der Waals surface area contributed by atoms with Crippen LogP contribution in [0.1, 0.15) is 32.8 Å². The van der Waals surface area contributed by atoms with Crippen molar-refractivity contribution in [1.29, 1.82) is 0 Å². The molecule has 0 aliphatic carbocycles. The van der Waals surface area contributed by atoms with Crippen LogP contribution in [0.25, 0.3) is 0 Å². The van der Waals surface area contributed by atoms with Gasteiger partial charge in [0.25, 0.3) is 0 Å². The number of amides is 1. The maximum absolute atomic E-state index is 12.5. The van der Waals surface area contributed by atoms with Crippen LogP contribution >= 0.6 is 0 Å². The van der Waals surface area contributed by atoms with Crippen molar-refractivity contribution in [1.82, 2.24) is 20.5 Å². The van der Waals surface area contributed by atoms with Gasteiger partial charge in [0.1, 0.15) is 5.60 Å². The normalized spacial score (nSPS) is 11.6. The van der Waals surface area contributed by atoms with Gasteiger partial charge in [-0.3, -0.25) is 9.98 Å². The molecule has 7 nitrogen and oxygen atoms in total. The molecule has 1 rings (SSSR count). The van der Waals surface area contributed by atoms with Gasteiger partial charge in [0.15, 0.2) is 5.96 Å². The fourth-order valence-corrected chi connectivity index (χ4v) is 2.14. The molecule has 0 aliphatic heterocycles. The maximum Gasteiger partial charge on any atom is 0.410 e. The van der Waals surface area contributed by atoms with Crippen LogP contribution in [-0.4, -0.2) is 54.2 Å². The highest BCUT2D eigenvalue weighted by molar-refractivity contribution is 5.79. The number of guanidine groups is 1. The second-order valence-corrected chi connectivity index (χ2v) is 6.79. The highest BCUT2D eigenvalue weighted by atomic mass is 16.6. The fourth-order valence-electron chi connectivity index (χ4n) is 2.14. The van der Waals surface area contributed by atoms with Gasteiger partial charge in [-0.15, -0.1) is 6.58 Å². The number of ether oxygens (including phenoxy) is 1. The quantitative estimate of drug-likeness (QED) is 0.322. The van der Waals surface area contributed by atoms with E-state index >= 15 is 0 Å². The van der Waals surface area contributed by atoms with E-state index < -0.39 is 5.60 Å². The lowest BCUT2D eigenvalue weighted by Crippen LogP contribution is -2.40. The number of nitrogens with one attached hydrogen (secondary N) is 2. The zero-order chi connectivity index (χ0) is 19.4. The van der Waals surface area contributed by atoms with E-state index in [9.17, 15) is 4.79 Å². The molecule has 0 radical (unpaired) electrons. The van der Waals surface area contributed by atoms with E-state index in [2.05, 4.69) is 27.2 Å². The number of aromatic nitrogens is 1. The van der Waals surface area contributed by atoms with E-state index in [1.807, 2.05) is 32.9 Å². The topological polar surface area (TPSA) is 78.9 Å². The van der Waals surface area contributed by atoms with Gasteiger partial charge in [-0.2, -0.15) is 0 Å². The van der Waals surface area contributed by atoms with Gasteiger partial charge >= 0.3 is 6.09 Å². The van der Waals surface area contributed by atoms with Crippen molar-refractivity contribution in [3.63, 3.8) is 0 Å². The lowest BCUT2D eigenvalue weighted by atomic mass is 10.2. The van der Waals surface area contributed by atoms with Crippen molar-refractivity contribution in [2.75, 3.05) is 26.7 Å². The predicted molar refractivity (Wildman–Crippen MR) is 105 cm³/mol. The van der Waals surface area contributed by atoms with Crippen LogP contribution in [0.2, 0.25) is 0 Å². The van der Waals surface area contributed by atoms with Crippen LogP contribution in [0.4, 0.5) is 4.79 Å². The van der Waals surface area contributed by atoms with Crippen LogP contribution in [0.3, 0.4) is 0 Å². The Morgan fingerprint density at radius 1 is 1.42 bits per heavy atom. The van der Waals surface area contributed by atoms with Gasteiger partial charge in [-0.05, 0) is 38.8 Å². The molecule has 144 valence electrons. The zero-order valence-electron chi connectivity index (χ0n) is 16.3. The van der Waals surface area contributed by atoms with Crippen molar-refractivity contribution in [3.8, 4) is 0 Å². The summed E-state index contributed by atoms with van der Waals surface area (Å²) in [5.41, 5.74) is 0.439. The molecule has 26 heavy (non-hydrogen) atoms. The molecule has 0 saturated carbocycles. The number of rotatable bonds is 8. The second kappa shape index (κ2) is 11.1. The fraction of sp³-hybridized carbons (Fsp3) is 0.526. The Hall–Kier alpha value is -2.57. The Morgan fingerprint density at radius 2 is 2.19 bits per heavy atom. The van der Waals surface area contributed by atoms with Crippen molar-refractivity contribution >= 4 is 12.1 Å². The standard InChI is InChI=1S/C19H31N5O2/c1-6-10-22-17(20-5)23-12-8-13-24(18(25)26-19(2,3)4)15-16-9-7-11-21-14-16/h6-7,9,11,14H,1,8,10,12-13,15H2,2-5H3,(H2,20,22,23). The average molecular weight is 361 g/mol. The van der Waals surface area contributed by atoms with Crippen LogP contribution in [0.15, 0.2) is 42.2 Å². The summed E-state index contributed by atoms with van der Waals surface area (Å²) < 4.78 is 5.52. The Bertz CT molecular complexity index is 581. The highest BCUT2D eigenvalue weighted by Crippen LogP contribution is 2.12. The maximum atomic E-state index is 12.5. The summed E-state index contributed by atoms with van der Waals surface area (Å²) in [5.74, 6) is 0.709. The summed E-state index contributed by atoms with van der Waals surface area (Å²) >= 11 is 0. The van der Waals surface area contributed by atoms with E-state index in [1.165, 1.54) is 0 Å². The van der Waals surface area contributed by atoms with E-state index in [1.54, 1.807) is 30.4 Å². The molecule has 0 aliphatic rings. The molecule has 0 saturated heterocycles. The van der Waals surface area contributed by atoms with Crippen molar-refractivity contribution in [2.24, 2.45) is 4.99 Å². The lowest BCUT2D eigenvalue weighted by Gasteiger charge is -2.27. The molecule has 1 aromatic rings. The van der Waals surface area contributed by atoms with E-state index in [0.29, 0.717) is 32.1 Å². The first-order chi connectivity index (χ1) is 12.4. The summed E-state index contributed by atoms with van der Waals surface area (Å²) in [7, 11) is 1.72. The van der Waals surface area contributed by atoms with Crippen molar-refractivity contribution < 1.29 is 9.53 Å². The van der Waals surface area contributed by atoms with Gasteiger partial charge in [0.2, 0.25) is 0 Å². The summed E-state index contributed by atoms with van der Waals surface area (Å²) in [6, 6.07) is 3.81. The van der Waals surface area contributed by atoms with Crippen molar-refractivity contribution in [3.05, 3.63) is 42.7 Å². The van der Waals surface area contributed by atoms with E-state index in [4.69, 9.17) is 4.74 Å². The SMILES string of the molecule is C=CCNC(=NC)NCCCN(Cc1cccnc1)C(=O)OC(C)(C)C. The first-order valence-corrected chi connectivity index (χ1v) is 8.78. The van der Waals surface area contributed by atoms with Crippen LogP contribution < -0.4 is 10.6 Å². The molecule has 1 heterocycles. The number of nitrogens with zero attached hydrogens (tertiary/aromatic N) is 3. The summed E-state index contributed by atoms with van der Waals surface area (Å²) in [5, 5.41) is 6.32. The van der Waals surface area contributed by atoms with Crippen LogP contribution in [0.5, 0.6) is 0 Å². The number of aliphatic imine (C=N–C) groups is 1. The zero-order valence-corrected chi connectivity index (χ0v) is 16.3. The van der Waals surface area contributed by atoms with Crippen molar-refractivity contribution in [2.45, 2.75) is 39.3 Å².